The van der Waals surface area contributed by atoms with Gasteiger partial charge in [0.2, 0.25) is 17.7 Å². The predicted molar refractivity (Wildman–Crippen MR) is 167 cm³/mol. The highest BCUT2D eigenvalue weighted by molar-refractivity contribution is 8.00. The number of para-hydroxylation sites is 1. The van der Waals surface area contributed by atoms with Gasteiger partial charge in [-0.1, -0.05) is 65.1 Å². The molecule has 6 rings (SSSR count). The van der Waals surface area contributed by atoms with Crippen molar-refractivity contribution in [2.24, 2.45) is 5.92 Å². The summed E-state index contributed by atoms with van der Waals surface area (Å²) in [6.45, 7) is 3.60. The first-order valence-electron chi connectivity index (χ1n) is 13.6. The lowest BCUT2D eigenvalue weighted by Gasteiger charge is -2.31. The minimum atomic E-state index is -0.793. The number of hydrogen-bond acceptors (Lipinski definition) is 8. The fourth-order valence-electron chi connectivity index (χ4n) is 5.66. The van der Waals surface area contributed by atoms with Crippen molar-refractivity contribution in [2.45, 2.75) is 36.6 Å². The number of fused-ring (bicyclic) bond motifs is 2. The molecule has 0 aliphatic carbocycles. The largest absolute Gasteiger partial charge is 0.493 e. The number of aryl methyl sites for hydroxylation is 2. The zero-order chi connectivity index (χ0) is 30.4. The SMILES string of the molecule is COc1ccc([C@@H]2c3sc(=O)n(CC(=O)Nc4ccccc4C)c3S[C@H]3C(=O)N(c4ccc(C)cc4)C(=O)[C@@H]23)cc1OC. The molecule has 0 unspecified atom stereocenters. The van der Waals surface area contributed by atoms with Gasteiger partial charge >= 0.3 is 4.87 Å². The molecule has 0 radical (unpaired) electrons. The van der Waals surface area contributed by atoms with Crippen molar-refractivity contribution in [3.05, 3.63) is 98.0 Å². The molecule has 11 heteroatoms. The van der Waals surface area contributed by atoms with Gasteiger partial charge in [0.1, 0.15) is 11.8 Å². The van der Waals surface area contributed by atoms with Crippen molar-refractivity contribution in [2.75, 3.05) is 24.4 Å². The molecular weight excluding hydrogens is 587 g/mol. The van der Waals surface area contributed by atoms with Crippen LogP contribution in [0.25, 0.3) is 0 Å². The molecule has 220 valence electrons. The summed E-state index contributed by atoms with van der Waals surface area (Å²) in [5, 5.41) is 2.61. The van der Waals surface area contributed by atoms with Crippen molar-refractivity contribution in [1.82, 2.24) is 4.57 Å². The Morgan fingerprint density at radius 2 is 1.63 bits per heavy atom. The van der Waals surface area contributed by atoms with E-state index in [2.05, 4.69) is 5.32 Å². The number of hydrogen-bond donors (Lipinski definition) is 1. The van der Waals surface area contributed by atoms with E-state index in [-0.39, 0.29) is 29.1 Å². The number of imide groups is 1. The molecule has 3 heterocycles. The van der Waals surface area contributed by atoms with E-state index in [9.17, 15) is 19.2 Å². The van der Waals surface area contributed by atoms with E-state index < -0.39 is 17.1 Å². The molecule has 4 aromatic rings. The second kappa shape index (κ2) is 11.4. The zero-order valence-corrected chi connectivity index (χ0v) is 25.6. The monoisotopic (exact) mass is 615 g/mol. The van der Waals surface area contributed by atoms with Crippen LogP contribution in [0.2, 0.25) is 0 Å². The number of ether oxygens (including phenoxy) is 2. The average molecular weight is 616 g/mol. The smallest absolute Gasteiger partial charge is 0.308 e. The summed E-state index contributed by atoms with van der Waals surface area (Å²) in [5.74, 6) is -1.45. The Bertz CT molecular complexity index is 1810. The van der Waals surface area contributed by atoms with Gasteiger partial charge in [-0.25, -0.2) is 4.90 Å². The molecule has 1 N–H and O–H groups in total. The van der Waals surface area contributed by atoms with Crippen molar-refractivity contribution < 1.29 is 23.9 Å². The molecule has 0 bridgehead atoms. The summed E-state index contributed by atoms with van der Waals surface area (Å²) in [6, 6.07) is 20.0. The topological polar surface area (TPSA) is 107 Å². The maximum absolute atomic E-state index is 14.1. The van der Waals surface area contributed by atoms with Gasteiger partial charge in [0.15, 0.2) is 11.5 Å². The molecule has 1 fully saturated rings. The Labute approximate surface area is 256 Å². The molecule has 3 aromatic carbocycles. The minimum Gasteiger partial charge on any atom is -0.493 e. The normalized spacial score (nSPS) is 19.2. The number of benzene rings is 3. The molecule has 0 spiro atoms. The number of anilines is 2. The van der Waals surface area contributed by atoms with Crippen molar-refractivity contribution in [3.8, 4) is 11.5 Å². The van der Waals surface area contributed by atoms with Crippen LogP contribution in [0, 0.1) is 19.8 Å². The van der Waals surface area contributed by atoms with E-state index >= 15 is 0 Å². The summed E-state index contributed by atoms with van der Waals surface area (Å²) in [4.78, 5) is 56.2. The highest BCUT2D eigenvalue weighted by atomic mass is 32.2. The zero-order valence-electron chi connectivity index (χ0n) is 24.0. The second-order valence-electron chi connectivity index (χ2n) is 10.5. The molecule has 2 aliphatic rings. The van der Waals surface area contributed by atoms with E-state index in [0.717, 1.165) is 22.5 Å². The Kier molecular flexibility index (Phi) is 7.61. The van der Waals surface area contributed by atoms with E-state index in [1.54, 1.807) is 30.3 Å². The van der Waals surface area contributed by atoms with Crippen molar-refractivity contribution in [3.63, 3.8) is 0 Å². The van der Waals surface area contributed by atoms with Crippen LogP contribution in [-0.2, 0) is 20.9 Å². The van der Waals surface area contributed by atoms with Gasteiger partial charge in [0.05, 0.1) is 30.9 Å². The van der Waals surface area contributed by atoms with Gasteiger partial charge < -0.3 is 14.8 Å². The number of carbonyl (C=O) groups excluding carboxylic acids is 3. The third kappa shape index (κ3) is 5.02. The molecular formula is C32H29N3O6S2. The average Bonchev–Trinajstić information content (AvgIpc) is 3.44. The van der Waals surface area contributed by atoms with Crippen LogP contribution >= 0.6 is 23.1 Å². The highest BCUT2D eigenvalue weighted by Crippen LogP contribution is 2.54. The molecule has 43 heavy (non-hydrogen) atoms. The third-order valence-corrected chi connectivity index (χ3v) is 10.4. The van der Waals surface area contributed by atoms with Gasteiger partial charge in [0, 0.05) is 16.5 Å². The standard InChI is InChI=1S/C32H29N3O6S2/c1-17-9-12-20(13-10-17)35-29(37)26-25(19-11-14-22(40-3)23(15-19)41-4)28-31(42-27(26)30(35)38)34(32(39)43-28)16-24(36)33-21-8-6-5-7-18(21)2/h5-15,25-27H,16H2,1-4H3,(H,33,36)/t25-,26-,27+/m0/s1. The number of nitrogens with zero attached hydrogens (tertiary/aromatic N) is 2. The number of carbonyl (C=O) groups is 3. The lowest BCUT2D eigenvalue weighted by atomic mass is 9.83. The minimum absolute atomic E-state index is 0.230. The number of amides is 3. The number of aromatic nitrogens is 1. The molecule has 1 aromatic heterocycles. The fraction of sp³-hybridized carbons (Fsp3) is 0.250. The highest BCUT2D eigenvalue weighted by Gasteiger charge is 2.57. The molecule has 3 atom stereocenters. The molecule has 3 amide bonds. The molecule has 1 saturated heterocycles. The van der Waals surface area contributed by atoms with Crippen LogP contribution in [0.15, 0.2) is 76.6 Å². The maximum atomic E-state index is 14.1. The van der Waals surface area contributed by atoms with Crippen molar-refractivity contribution >= 4 is 52.2 Å². The van der Waals surface area contributed by atoms with Gasteiger partial charge in [-0.15, -0.1) is 0 Å². The van der Waals surface area contributed by atoms with Crippen LogP contribution in [0.5, 0.6) is 11.5 Å². The van der Waals surface area contributed by atoms with E-state index in [0.29, 0.717) is 38.3 Å². The summed E-state index contributed by atoms with van der Waals surface area (Å²) in [5.41, 5.74) is 3.77. The molecule has 2 aliphatic heterocycles. The van der Waals surface area contributed by atoms with Crippen molar-refractivity contribution in [1.29, 1.82) is 0 Å². The number of thiazole rings is 1. The summed E-state index contributed by atoms with van der Waals surface area (Å²) >= 11 is 2.18. The fourth-order valence-corrected chi connectivity index (χ4v) is 8.43. The first-order chi connectivity index (χ1) is 20.7. The predicted octanol–water partition coefficient (Wildman–Crippen LogP) is 4.98. The van der Waals surface area contributed by atoms with Gasteiger partial charge in [-0.2, -0.15) is 0 Å². The number of thioether (sulfide) groups is 1. The van der Waals surface area contributed by atoms with Crippen LogP contribution in [0.3, 0.4) is 0 Å². The Hall–Kier alpha value is -4.35. The third-order valence-electron chi connectivity index (χ3n) is 7.83. The quantitative estimate of drug-likeness (QED) is 0.293. The number of rotatable bonds is 7. The van der Waals surface area contributed by atoms with Gasteiger partial charge in [-0.05, 0) is 55.3 Å². The summed E-state index contributed by atoms with van der Waals surface area (Å²) < 4.78 is 12.4. The molecule has 9 nitrogen and oxygen atoms in total. The van der Waals surface area contributed by atoms with Crippen LogP contribution < -0.4 is 24.6 Å². The van der Waals surface area contributed by atoms with Gasteiger partial charge in [0.25, 0.3) is 0 Å². The maximum Gasteiger partial charge on any atom is 0.308 e. The first-order valence-corrected chi connectivity index (χ1v) is 15.3. The molecule has 0 saturated carbocycles. The summed E-state index contributed by atoms with van der Waals surface area (Å²) in [6.07, 6.45) is 0. The van der Waals surface area contributed by atoms with E-state index in [1.165, 1.54) is 35.4 Å². The lowest BCUT2D eigenvalue weighted by Crippen LogP contribution is -2.33. The van der Waals surface area contributed by atoms with E-state index in [4.69, 9.17) is 9.47 Å². The Morgan fingerprint density at radius 3 is 2.33 bits per heavy atom. The Morgan fingerprint density at radius 1 is 0.907 bits per heavy atom. The van der Waals surface area contributed by atoms with E-state index in [1.807, 2.05) is 50.2 Å². The van der Waals surface area contributed by atoms with Crippen LogP contribution in [0.4, 0.5) is 11.4 Å². The van der Waals surface area contributed by atoms with Gasteiger partial charge in [-0.3, -0.25) is 23.7 Å². The Balaban J connectivity index is 1.44. The second-order valence-corrected chi connectivity index (χ2v) is 12.6. The lowest BCUT2D eigenvalue weighted by molar-refractivity contribution is -0.122. The summed E-state index contributed by atoms with van der Waals surface area (Å²) in [7, 11) is 3.06. The van der Waals surface area contributed by atoms with Crippen LogP contribution in [-0.4, -0.2) is 41.8 Å². The van der Waals surface area contributed by atoms with Crippen LogP contribution in [0.1, 0.15) is 27.5 Å². The number of methoxy groups -OCH3 is 2. The first kappa shape index (κ1) is 28.8. The number of nitrogens with one attached hydrogen (secondary N) is 1.